The van der Waals surface area contributed by atoms with Crippen molar-refractivity contribution in [2.24, 2.45) is 0 Å². The fraction of sp³-hybridized carbons (Fsp3) is 0.476. The van der Waals surface area contributed by atoms with E-state index in [-0.39, 0.29) is 5.91 Å². The normalized spacial score (nSPS) is 13.5. The molecule has 7 heteroatoms. The van der Waals surface area contributed by atoms with Gasteiger partial charge in [0, 0.05) is 26.7 Å². The molecule has 1 aliphatic rings. The summed E-state index contributed by atoms with van der Waals surface area (Å²) in [5.74, 6) is 2.35. The lowest BCUT2D eigenvalue weighted by molar-refractivity contribution is -0.133. The summed E-state index contributed by atoms with van der Waals surface area (Å²) in [6, 6.07) is 7.76. The SMILES string of the molecule is COCCN(CC(=O)N1CCc2cc(OC)c(OC)cc2C1)Cc1ccco1. The summed E-state index contributed by atoms with van der Waals surface area (Å²) < 4.78 is 21.4. The van der Waals surface area contributed by atoms with Crippen molar-refractivity contribution in [1.29, 1.82) is 0 Å². The van der Waals surface area contributed by atoms with Gasteiger partial charge >= 0.3 is 0 Å². The largest absolute Gasteiger partial charge is 0.493 e. The van der Waals surface area contributed by atoms with Gasteiger partial charge in [0.25, 0.3) is 0 Å². The Labute approximate surface area is 165 Å². The van der Waals surface area contributed by atoms with Crippen molar-refractivity contribution in [3.63, 3.8) is 0 Å². The van der Waals surface area contributed by atoms with Crippen LogP contribution in [-0.2, 0) is 29.0 Å². The van der Waals surface area contributed by atoms with Crippen LogP contribution < -0.4 is 9.47 Å². The molecule has 1 aliphatic heterocycles. The number of hydrogen-bond donors (Lipinski definition) is 0. The van der Waals surface area contributed by atoms with Gasteiger partial charge in [-0.25, -0.2) is 0 Å². The number of ether oxygens (including phenoxy) is 3. The lowest BCUT2D eigenvalue weighted by atomic mass is 9.98. The fourth-order valence-corrected chi connectivity index (χ4v) is 3.44. The molecule has 3 rings (SSSR count). The average Bonchev–Trinajstić information content (AvgIpc) is 3.23. The predicted octanol–water partition coefficient (Wildman–Crippen LogP) is 2.33. The molecule has 1 aromatic carbocycles. The molecule has 0 aliphatic carbocycles. The second-order valence-electron chi connectivity index (χ2n) is 6.82. The van der Waals surface area contributed by atoms with Gasteiger partial charge in [0.05, 0.1) is 40.2 Å². The fourth-order valence-electron chi connectivity index (χ4n) is 3.44. The van der Waals surface area contributed by atoms with Gasteiger partial charge in [-0.1, -0.05) is 0 Å². The summed E-state index contributed by atoms with van der Waals surface area (Å²) in [6.45, 7) is 3.41. The Morgan fingerprint density at radius 3 is 2.57 bits per heavy atom. The van der Waals surface area contributed by atoms with E-state index < -0.39 is 0 Å². The second-order valence-corrected chi connectivity index (χ2v) is 6.82. The van der Waals surface area contributed by atoms with E-state index in [1.807, 2.05) is 29.2 Å². The second kappa shape index (κ2) is 9.61. The number of methoxy groups -OCH3 is 3. The Hall–Kier alpha value is -2.51. The molecule has 0 N–H and O–H groups in total. The van der Waals surface area contributed by atoms with Crippen molar-refractivity contribution in [2.45, 2.75) is 19.5 Å². The molecule has 0 spiro atoms. The first kappa shape index (κ1) is 20.2. The van der Waals surface area contributed by atoms with E-state index >= 15 is 0 Å². The van der Waals surface area contributed by atoms with Crippen molar-refractivity contribution in [1.82, 2.24) is 9.80 Å². The quantitative estimate of drug-likeness (QED) is 0.657. The third-order valence-electron chi connectivity index (χ3n) is 5.00. The molecule has 0 fully saturated rings. The lowest BCUT2D eigenvalue weighted by Crippen LogP contribution is -2.43. The molecule has 0 radical (unpaired) electrons. The first-order valence-corrected chi connectivity index (χ1v) is 9.39. The van der Waals surface area contributed by atoms with Crippen molar-refractivity contribution in [2.75, 3.05) is 47.6 Å². The summed E-state index contributed by atoms with van der Waals surface area (Å²) in [5.41, 5.74) is 2.31. The number of rotatable bonds is 9. The van der Waals surface area contributed by atoms with E-state index in [2.05, 4.69) is 4.90 Å². The van der Waals surface area contributed by atoms with Crippen molar-refractivity contribution in [3.8, 4) is 11.5 Å². The topological polar surface area (TPSA) is 64.4 Å². The molecule has 0 unspecified atom stereocenters. The van der Waals surface area contributed by atoms with E-state index in [0.29, 0.717) is 45.1 Å². The maximum atomic E-state index is 12.9. The smallest absolute Gasteiger partial charge is 0.237 e. The zero-order valence-corrected chi connectivity index (χ0v) is 16.8. The maximum Gasteiger partial charge on any atom is 0.237 e. The Kier molecular flexibility index (Phi) is 6.95. The molecule has 0 saturated heterocycles. The van der Waals surface area contributed by atoms with Gasteiger partial charge in [0.15, 0.2) is 11.5 Å². The van der Waals surface area contributed by atoms with Crippen LogP contribution in [0, 0.1) is 0 Å². The highest BCUT2D eigenvalue weighted by molar-refractivity contribution is 5.78. The molecule has 7 nitrogen and oxygen atoms in total. The minimum absolute atomic E-state index is 0.100. The van der Waals surface area contributed by atoms with E-state index in [1.165, 1.54) is 5.56 Å². The van der Waals surface area contributed by atoms with Crippen molar-refractivity contribution < 1.29 is 23.4 Å². The van der Waals surface area contributed by atoms with Crippen LogP contribution in [0.2, 0.25) is 0 Å². The summed E-state index contributed by atoms with van der Waals surface area (Å²) >= 11 is 0. The molecule has 28 heavy (non-hydrogen) atoms. The third kappa shape index (κ3) is 4.85. The lowest BCUT2D eigenvalue weighted by Gasteiger charge is -2.31. The van der Waals surface area contributed by atoms with Gasteiger partial charge in [-0.2, -0.15) is 0 Å². The summed E-state index contributed by atoms with van der Waals surface area (Å²) in [4.78, 5) is 16.9. The van der Waals surface area contributed by atoms with Gasteiger partial charge in [0.2, 0.25) is 5.91 Å². The van der Waals surface area contributed by atoms with E-state index in [0.717, 1.165) is 23.5 Å². The molecular weight excluding hydrogens is 360 g/mol. The highest BCUT2D eigenvalue weighted by atomic mass is 16.5. The first-order chi connectivity index (χ1) is 13.6. The molecule has 0 atom stereocenters. The predicted molar refractivity (Wildman–Crippen MR) is 105 cm³/mol. The minimum Gasteiger partial charge on any atom is -0.493 e. The Morgan fingerprint density at radius 2 is 1.93 bits per heavy atom. The van der Waals surface area contributed by atoms with Crippen LogP contribution >= 0.6 is 0 Å². The van der Waals surface area contributed by atoms with E-state index in [4.69, 9.17) is 18.6 Å². The van der Waals surface area contributed by atoms with Crippen LogP contribution in [0.3, 0.4) is 0 Å². The number of carbonyl (C=O) groups is 1. The number of carbonyl (C=O) groups excluding carboxylic acids is 1. The van der Waals surface area contributed by atoms with Crippen LogP contribution in [0.1, 0.15) is 16.9 Å². The number of benzene rings is 1. The molecule has 0 bridgehead atoms. The van der Waals surface area contributed by atoms with Crippen LogP contribution in [-0.4, -0.2) is 63.3 Å². The highest BCUT2D eigenvalue weighted by Crippen LogP contribution is 2.33. The number of amides is 1. The van der Waals surface area contributed by atoms with E-state index in [9.17, 15) is 4.79 Å². The number of furan rings is 1. The summed E-state index contributed by atoms with van der Waals surface area (Å²) in [6.07, 6.45) is 2.45. The van der Waals surface area contributed by atoms with Crippen molar-refractivity contribution >= 4 is 5.91 Å². The molecule has 2 aromatic rings. The standard InChI is InChI=1S/C21H28N2O5/c1-25-10-8-22(14-18-5-4-9-28-18)15-21(24)23-7-6-16-11-19(26-2)20(27-3)12-17(16)13-23/h4-5,9,11-12H,6-8,10,13-15H2,1-3H3. The molecule has 1 amide bonds. The Balaban J connectivity index is 1.66. The first-order valence-electron chi connectivity index (χ1n) is 9.39. The third-order valence-corrected chi connectivity index (χ3v) is 5.00. The molecule has 152 valence electrons. The highest BCUT2D eigenvalue weighted by Gasteiger charge is 2.24. The molecule has 0 saturated carbocycles. The summed E-state index contributed by atoms with van der Waals surface area (Å²) in [5, 5.41) is 0. The molecule has 2 heterocycles. The van der Waals surface area contributed by atoms with Gasteiger partial charge in [-0.15, -0.1) is 0 Å². The minimum atomic E-state index is 0.100. The average molecular weight is 388 g/mol. The maximum absolute atomic E-state index is 12.9. The van der Waals surface area contributed by atoms with Gasteiger partial charge in [-0.05, 0) is 41.8 Å². The Morgan fingerprint density at radius 1 is 1.18 bits per heavy atom. The molecular formula is C21H28N2O5. The van der Waals surface area contributed by atoms with Gasteiger partial charge in [0.1, 0.15) is 5.76 Å². The zero-order chi connectivity index (χ0) is 19.9. The number of hydrogen-bond acceptors (Lipinski definition) is 6. The van der Waals surface area contributed by atoms with Gasteiger partial charge in [-0.3, -0.25) is 9.69 Å². The number of fused-ring (bicyclic) bond motifs is 1. The molecule has 1 aromatic heterocycles. The summed E-state index contributed by atoms with van der Waals surface area (Å²) in [7, 11) is 4.92. The number of nitrogens with zero attached hydrogens (tertiary/aromatic N) is 2. The Bertz CT molecular complexity index is 775. The van der Waals surface area contributed by atoms with Crippen LogP contribution in [0.5, 0.6) is 11.5 Å². The van der Waals surface area contributed by atoms with Crippen molar-refractivity contribution in [3.05, 3.63) is 47.4 Å². The monoisotopic (exact) mass is 388 g/mol. The van der Waals surface area contributed by atoms with E-state index in [1.54, 1.807) is 27.6 Å². The van der Waals surface area contributed by atoms with Crippen LogP contribution in [0.25, 0.3) is 0 Å². The van der Waals surface area contributed by atoms with Gasteiger partial charge < -0.3 is 23.5 Å². The van der Waals surface area contributed by atoms with Crippen LogP contribution in [0.4, 0.5) is 0 Å². The van der Waals surface area contributed by atoms with Crippen LogP contribution in [0.15, 0.2) is 34.9 Å². The zero-order valence-electron chi connectivity index (χ0n) is 16.8.